The Labute approximate surface area is 86.1 Å². The first kappa shape index (κ1) is 14.0. The SMILES string of the molecule is C=CCP(O)(O)(O)N(C(C)C)C(C)C. The van der Waals surface area contributed by atoms with Gasteiger partial charge in [0.05, 0.1) is 0 Å². The van der Waals surface area contributed by atoms with E-state index in [-0.39, 0.29) is 18.2 Å². The van der Waals surface area contributed by atoms with Crippen LogP contribution in [0.2, 0.25) is 0 Å². The molecule has 0 saturated heterocycles. The van der Waals surface area contributed by atoms with Crippen LogP contribution in [0, 0.1) is 0 Å². The summed E-state index contributed by atoms with van der Waals surface area (Å²) in [6, 6.07) is -0.264. The van der Waals surface area contributed by atoms with Crippen molar-refractivity contribution in [3.8, 4) is 0 Å². The molecule has 0 aliphatic heterocycles. The molecule has 4 nitrogen and oxygen atoms in total. The van der Waals surface area contributed by atoms with Crippen molar-refractivity contribution in [2.45, 2.75) is 39.8 Å². The van der Waals surface area contributed by atoms with Gasteiger partial charge >= 0.3 is 85.4 Å². The second kappa shape index (κ2) is 4.25. The molecular weight excluding hydrogens is 201 g/mol. The molecule has 0 heterocycles. The second-order valence-corrected chi connectivity index (χ2v) is 7.17. The molecule has 0 aliphatic carbocycles. The fraction of sp³-hybridized carbons (Fsp3) is 0.778. The summed E-state index contributed by atoms with van der Waals surface area (Å²) in [5.74, 6) is 0. The van der Waals surface area contributed by atoms with E-state index in [1.165, 1.54) is 10.7 Å². The third-order valence-electron chi connectivity index (χ3n) is 1.99. The number of nitrogens with zero attached hydrogens (tertiary/aromatic N) is 1. The van der Waals surface area contributed by atoms with Gasteiger partial charge < -0.3 is 0 Å². The third kappa shape index (κ3) is 3.30. The number of hydrogen-bond acceptors (Lipinski definition) is 4. The first-order chi connectivity index (χ1) is 6.10. The molecule has 0 aromatic carbocycles. The van der Waals surface area contributed by atoms with Crippen LogP contribution < -0.4 is 0 Å². The van der Waals surface area contributed by atoms with E-state index >= 15 is 0 Å². The molecular formula is C9H22NO3P. The molecule has 0 aromatic rings. The van der Waals surface area contributed by atoms with Crippen molar-refractivity contribution in [1.29, 1.82) is 0 Å². The maximum absolute atomic E-state index is 9.88. The van der Waals surface area contributed by atoms with Crippen molar-refractivity contribution < 1.29 is 14.7 Å². The van der Waals surface area contributed by atoms with Gasteiger partial charge in [0.25, 0.3) is 0 Å². The van der Waals surface area contributed by atoms with Gasteiger partial charge in [-0.3, -0.25) is 0 Å². The normalized spacial score (nSPS) is 16.0. The predicted molar refractivity (Wildman–Crippen MR) is 60.8 cm³/mol. The monoisotopic (exact) mass is 223 g/mol. The molecule has 14 heavy (non-hydrogen) atoms. The van der Waals surface area contributed by atoms with Crippen molar-refractivity contribution in [1.82, 2.24) is 4.67 Å². The molecule has 3 N–H and O–H groups in total. The van der Waals surface area contributed by atoms with E-state index in [1.807, 2.05) is 27.7 Å². The van der Waals surface area contributed by atoms with Crippen LogP contribution in [0.4, 0.5) is 0 Å². The molecule has 0 aromatic heterocycles. The molecule has 86 valence electrons. The van der Waals surface area contributed by atoms with Crippen LogP contribution in [-0.2, 0) is 0 Å². The quantitative estimate of drug-likeness (QED) is 0.488. The molecule has 0 atom stereocenters. The second-order valence-electron chi connectivity index (χ2n) is 4.14. The Balaban J connectivity index is 5.06. The van der Waals surface area contributed by atoms with Gasteiger partial charge in [0.1, 0.15) is 0 Å². The van der Waals surface area contributed by atoms with E-state index in [2.05, 4.69) is 6.58 Å². The number of allylic oxidation sites excluding steroid dienone is 1. The third-order valence-corrected chi connectivity index (χ3v) is 4.77. The van der Waals surface area contributed by atoms with Crippen LogP contribution >= 0.6 is 7.43 Å². The van der Waals surface area contributed by atoms with Crippen LogP contribution in [0.5, 0.6) is 0 Å². The minimum atomic E-state index is -4.71. The van der Waals surface area contributed by atoms with Crippen LogP contribution in [0.1, 0.15) is 27.7 Å². The van der Waals surface area contributed by atoms with Gasteiger partial charge in [0.2, 0.25) is 0 Å². The van der Waals surface area contributed by atoms with E-state index in [0.29, 0.717) is 0 Å². The molecule has 0 amide bonds. The zero-order valence-electron chi connectivity index (χ0n) is 9.38. The van der Waals surface area contributed by atoms with Crippen molar-refractivity contribution in [3.63, 3.8) is 0 Å². The van der Waals surface area contributed by atoms with Crippen molar-refractivity contribution in [3.05, 3.63) is 12.7 Å². The first-order valence-corrected chi connectivity index (χ1v) is 6.99. The van der Waals surface area contributed by atoms with E-state index in [9.17, 15) is 14.7 Å². The van der Waals surface area contributed by atoms with Gasteiger partial charge in [-0.25, -0.2) is 0 Å². The molecule has 0 bridgehead atoms. The summed E-state index contributed by atoms with van der Waals surface area (Å²) in [7, 11) is -4.71. The Morgan fingerprint density at radius 1 is 1.14 bits per heavy atom. The Kier molecular flexibility index (Phi) is 4.25. The van der Waals surface area contributed by atoms with E-state index in [4.69, 9.17) is 0 Å². The molecule has 5 heteroatoms. The molecule has 0 fully saturated rings. The van der Waals surface area contributed by atoms with Gasteiger partial charge in [-0.2, -0.15) is 0 Å². The van der Waals surface area contributed by atoms with Crippen LogP contribution in [-0.4, -0.2) is 37.6 Å². The van der Waals surface area contributed by atoms with Crippen molar-refractivity contribution in [2.75, 3.05) is 6.16 Å². The molecule has 0 spiro atoms. The average Bonchev–Trinajstić information content (AvgIpc) is 1.79. The summed E-state index contributed by atoms with van der Waals surface area (Å²) < 4.78 is 1.35. The Morgan fingerprint density at radius 2 is 1.50 bits per heavy atom. The predicted octanol–water partition coefficient (Wildman–Crippen LogP) is 1.48. The molecule has 0 saturated carbocycles. The van der Waals surface area contributed by atoms with Gasteiger partial charge in [-0.05, 0) is 0 Å². The summed E-state index contributed by atoms with van der Waals surface area (Å²) in [6.45, 7) is 10.7. The summed E-state index contributed by atoms with van der Waals surface area (Å²) in [5.41, 5.74) is 0. The summed E-state index contributed by atoms with van der Waals surface area (Å²) in [5, 5.41) is 0. The average molecular weight is 223 g/mol. The fourth-order valence-electron chi connectivity index (χ4n) is 1.87. The molecule has 0 rings (SSSR count). The standard InChI is InChI=1S/C9H22NO3P/c1-6-7-14(11,12,13)10(8(2)3)9(4)5/h6,8-9,11-13H,1,7H2,2-5H3. The minimum absolute atomic E-state index is 0.132. The van der Waals surface area contributed by atoms with Gasteiger partial charge in [0.15, 0.2) is 0 Å². The Morgan fingerprint density at radius 3 is 1.71 bits per heavy atom. The van der Waals surface area contributed by atoms with E-state index < -0.39 is 7.43 Å². The fourth-order valence-corrected chi connectivity index (χ4v) is 4.41. The molecule has 0 radical (unpaired) electrons. The van der Waals surface area contributed by atoms with Crippen LogP contribution in [0.25, 0.3) is 0 Å². The van der Waals surface area contributed by atoms with Crippen molar-refractivity contribution >= 4 is 7.43 Å². The van der Waals surface area contributed by atoms with Crippen LogP contribution in [0.15, 0.2) is 12.7 Å². The van der Waals surface area contributed by atoms with Crippen LogP contribution in [0.3, 0.4) is 0 Å². The van der Waals surface area contributed by atoms with E-state index in [1.54, 1.807) is 0 Å². The van der Waals surface area contributed by atoms with Crippen molar-refractivity contribution in [2.24, 2.45) is 0 Å². The first-order valence-electron chi connectivity index (χ1n) is 4.76. The summed E-state index contributed by atoms with van der Waals surface area (Å²) in [4.78, 5) is 29.6. The summed E-state index contributed by atoms with van der Waals surface area (Å²) in [6.07, 6.45) is 1.14. The summed E-state index contributed by atoms with van der Waals surface area (Å²) >= 11 is 0. The maximum atomic E-state index is 9.88. The zero-order valence-corrected chi connectivity index (χ0v) is 10.3. The van der Waals surface area contributed by atoms with Gasteiger partial charge in [-0.1, -0.05) is 0 Å². The molecule has 0 unspecified atom stereocenters. The Hall–Kier alpha value is 0.01000. The number of rotatable bonds is 5. The van der Waals surface area contributed by atoms with Gasteiger partial charge in [0, 0.05) is 0 Å². The Bertz CT molecular complexity index is 200. The molecule has 0 aliphatic rings. The van der Waals surface area contributed by atoms with E-state index in [0.717, 1.165) is 0 Å². The van der Waals surface area contributed by atoms with Gasteiger partial charge in [-0.15, -0.1) is 0 Å². The number of hydrogen-bond donors (Lipinski definition) is 3. The topological polar surface area (TPSA) is 63.9 Å². The zero-order chi connectivity index (χ0) is 11.6.